The van der Waals surface area contributed by atoms with Gasteiger partial charge in [-0.15, -0.1) is 0 Å². The van der Waals surface area contributed by atoms with Crippen LogP contribution in [0.5, 0.6) is 0 Å². The monoisotopic (exact) mass is 349 g/mol. The standard InChI is InChI=1S/C16H10ClF2N3O2/c1-7-9(2-8-6-20-15(17)5-13(8)21-7)10-3-14(22-16(23)24)12(19)4-11(10)18/h2-6,22H,1H3,(H,23,24). The molecule has 0 aliphatic heterocycles. The number of nitrogens with zero attached hydrogens (tertiary/aromatic N) is 2. The molecule has 0 aliphatic rings. The zero-order valence-electron chi connectivity index (χ0n) is 12.3. The molecule has 2 N–H and O–H groups in total. The summed E-state index contributed by atoms with van der Waals surface area (Å²) in [7, 11) is 0. The molecule has 0 saturated heterocycles. The Kier molecular flexibility index (Phi) is 4.02. The smallest absolute Gasteiger partial charge is 0.409 e. The minimum atomic E-state index is -1.45. The molecular formula is C16H10ClF2N3O2. The first-order valence-corrected chi connectivity index (χ1v) is 7.15. The van der Waals surface area contributed by atoms with Gasteiger partial charge in [0.1, 0.15) is 16.8 Å². The molecule has 0 radical (unpaired) electrons. The molecule has 0 fully saturated rings. The molecular weight excluding hydrogens is 340 g/mol. The highest BCUT2D eigenvalue weighted by atomic mass is 35.5. The highest BCUT2D eigenvalue weighted by Gasteiger charge is 2.16. The first kappa shape index (κ1) is 16.1. The average molecular weight is 350 g/mol. The Balaban J connectivity index is 2.21. The van der Waals surface area contributed by atoms with Crippen LogP contribution in [0, 0.1) is 18.6 Å². The molecule has 0 saturated carbocycles. The number of aryl methyl sites for hydroxylation is 1. The maximum atomic E-state index is 14.2. The fourth-order valence-corrected chi connectivity index (χ4v) is 2.53. The third-order valence-corrected chi connectivity index (χ3v) is 3.65. The maximum absolute atomic E-state index is 14.2. The van der Waals surface area contributed by atoms with Crippen molar-refractivity contribution in [3.8, 4) is 11.1 Å². The number of rotatable bonds is 2. The minimum absolute atomic E-state index is 0.0296. The van der Waals surface area contributed by atoms with Crippen molar-refractivity contribution in [3.63, 3.8) is 0 Å². The Morgan fingerprint density at radius 3 is 2.62 bits per heavy atom. The first-order chi connectivity index (χ1) is 11.3. The van der Waals surface area contributed by atoms with Crippen LogP contribution in [0.1, 0.15) is 5.69 Å². The van der Waals surface area contributed by atoms with Gasteiger partial charge in [-0.05, 0) is 19.1 Å². The van der Waals surface area contributed by atoms with Gasteiger partial charge in [-0.3, -0.25) is 10.3 Å². The van der Waals surface area contributed by atoms with Crippen molar-refractivity contribution >= 4 is 34.3 Å². The zero-order chi connectivity index (χ0) is 17.4. The number of hydrogen-bond acceptors (Lipinski definition) is 3. The lowest BCUT2D eigenvalue weighted by Gasteiger charge is -2.11. The van der Waals surface area contributed by atoms with Crippen LogP contribution in [0.2, 0.25) is 5.15 Å². The lowest BCUT2D eigenvalue weighted by atomic mass is 10.0. The zero-order valence-corrected chi connectivity index (χ0v) is 13.0. The Morgan fingerprint density at radius 1 is 1.17 bits per heavy atom. The van der Waals surface area contributed by atoms with E-state index in [0.717, 1.165) is 6.07 Å². The molecule has 0 spiro atoms. The molecule has 2 heterocycles. The number of benzene rings is 1. The van der Waals surface area contributed by atoms with Crippen LogP contribution >= 0.6 is 11.6 Å². The molecule has 0 atom stereocenters. The molecule has 8 heteroatoms. The van der Waals surface area contributed by atoms with Crippen molar-refractivity contribution in [2.75, 3.05) is 5.32 Å². The van der Waals surface area contributed by atoms with Crippen LogP contribution in [0.25, 0.3) is 22.0 Å². The molecule has 24 heavy (non-hydrogen) atoms. The summed E-state index contributed by atoms with van der Waals surface area (Å²) < 4.78 is 27.9. The number of carboxylic acid groups (broad SMARTS) is 1. The van der Waals surface area contributed by atoms with Gasteiger partial charge in [0.15, 0.2) is 0 Å². The number of amides is 1. The van der Waals surface area contributed by atoms with Gasteiger partial charge in [0, 0.05) is 40.5 Å². The number of nitrogens with one attached hydrogen (secondary N) is 1. The fourth-order valence-electron chi connectivity index (χ4n) is 2.38. The summed E-state index contributed by atoms with van der Waals surface area (Å²) in [6.07, 6.45) is 0.0458. The van der Waals surface area contributed by atoms with Crippen molar-refractivity contribution in [2.45, 2.75) is 6.92 Å². The van der Waals surface area contributed by atoms with Gasteiger partial charge in [-0.1, -0.05) is 11.6 Å². The molecule has 5 nitrogen and oxygen atoms in total. The summed E-state index contributed by atoms with van der Waals surface area (Å²) in [4.78, 5) is 19.0. The molecule has 2 aromatic heterocycles. The largest absolute Gasteiger partial charge is 0.465 e. The summed E-state index contributed by atoms with van der Waals surface area (Å²) in [5.74, 6) is -1.83. The molecule has 0 aliphatic carbocycles. The normalized spacial score (nSPS) is 10.8. The quantitative estimate of drug-likeness (QED) is 0.661. The predicted molar refractivity (Wildman–Crippen MR) is 86.3 cm³/mol. The van der Waals surface area contributed by atoms with Gasteiger partial charge in [0.05, 0.1) is 11.2 Å². The van der Waals surface area contributed by atoms with Crippen molar-refractivity contribution in [3.05, 3.63) is 52.9 Å². The highest BCUT2D eigenvalue weighted by Crippen LogP contribution is 2.32. The lowest BCUT2D eigenvalue weighted by molar-refractivity contribution is 0.209. The number of pyridine rings is 2. The average Bonchev–Trinajstić information content (AvgIpc) is 2.49. The lowest BCUT2D eigenvalue weighted by Crippen LogP contribution is -2.09. The van der Waals surface area contributed by atoms with Gasteiger partial charge in [0.2, 0.25) is 0 Å². The van der Waals surface area contributed by atoms with Gasteiger partial charge >= 0.3 is 6.09 Å². The first-order valence-electron chi connectivity index (χ1n) is 6.77. The molecule has 3 aromatic rings. The molecule has 3 rings (SSSR count). The number of hydrogen-bond donors (Lipinski definition) is 2. The Morgan fingerprint density at radius 2 is 1.92 bits per heavy atom. The van der Waals surface area contributed by atoms with Crippen LogP contribution in [0.3, 0.4) is 0 Å². The van der Waals surface area contributed by atoms with Gasteiger partial charge in [-0.25, -0.2) is 18.6 Å². The van der Waals surface area contributed by atoms with E-state index in [1.165, 1.54) is 6.20 Å². The molecule has 122 valence electrons. The molecule has 1 amide bonds. The van der Waals surface area contributed by atoms with Crippen molar-refractivity contribution in [1.82, 2.24) is 9.97 Å². The molecule has 0 unspecified atom stereocenters. The van der Waals surface area contributed by atoms with E-state index in [9.17, 15) is 13.6 Å². The van der Waals surface area contributed by atoms with E-state index < -0.39 is 17.7 Å². The van der Waals surface area contributed by atoms with E-state index in [1.807, 2.05) is 5.32 Å². The second kappa shape index (κ2) is 6.01. The third-order valence-electron chi connectivity index (χ3n) is 3.44. The van der Waals surface area contributed by atoms with Gasteiger partial charge in [-0.2, -0.15) is 0 Å². The summed E-state index contributed by atoms with van der Waals surface area (Å²) in [6.45, 7) is 1.66. The summed E-state index contributed by atoms with van der Waals surface area (Å²) >= 11 is 5.82. The van der Waals surface area contributed by atoms with E-state index in [1.54, 1.807) is 19.1 Å². The second-order valence-corrected chi connectivity index (χ2v) is 5.45. The minimum Gasteiger partial charge on any atom is -0.465 e. The van der Waals surface area contributed by atoms with Crippen LogP contribution in [-0.4, -0.2) is 21.2 Å². The third kappa shape index (κ3) is 2.98. The van der Waals surface area contributed by atoms with E-state index in [0.29, 0.717) is 28.2 Å². The van der Waals surface area contributed by atoms with Crippen LogP contribution in [0.15, 0.2) is 30.5 Å². The Labute approximate surface area is 139 Å². The fraction of sp³-hybridized carbons (Fsp3) is 0.0625. The van der Waals surface area contributed by atoms with Gasteiger partial charge < -0.3 is 5.11 Å². The number of anilines is 1. The number of halogens is 3. The predicted octanol–water partition coefficient (Wildman–Crippen LogP) is 4.63. The number of aromatic nitrogens is 2. The number of carbonyl (C=O) groups is 1. The van der Waals surface area contributed by atoms with Gasteiger partial charge in [0.25, 0.3) is 0 Å². The Hall–Kier alpha value is -2.80. The summed E-state index contributed by atoms with van der Waals surface area (Å²) in [5, 5.41) is 11.5. The van der Waals surface area contributed by atoms with E-state index in [2.05, 4.69) is 9.97 Å². The van der Waals surface area contributed by atoms with E-state index >= 15 is 0 Å². The van der Waals surface area contributed by atoms with Crippen LogP contribution < -0.4 is 5.32 Å². The molecule has 0 bridgehead atoms. The van der Waals surface area contributed by atoms with Crippen molar-refractivity contribution in [2.24, 2.45) is 0 Å². The van der Waals surface area contributed by atoms with E-state index in [4.69, 9.17) is 16.7 Å². The highest BCUT2D eigenvalue weighted by molar-refractivity contribution is 6.30. The van der Waals surface area contributed by atoms with E-state index in [-0.39, 0.29) is 16.4 Å². The Bertz CT molecular complexity index is 979. The molecule has 1 aromatic carbocycles. The number of fused-ring (bicyclic) bond motifs is 1. The second-order valence-electron chi connectivity index (χ2n) is 5.06. The topological polar surface area (TPSA) is 75.1 Å². The maximum Gasteiger partial charge on any atom is 0.409 e. The summed E-state index contributed by atoms with van der Waals surface area (Å²) in [6, 6.07) is 4.94. The van der Waals surface area contributed by atoms with Crippen molar-refractivity contribution < 1.29 is 18.7 Å². The SMILES string of the molecule is Cc1nc2cc(Cl)ncc2cc1-c1cc(NC(=O)O)c(F)cc1F. The van der Waals surface area contributed by atoms with Crippen LogP contribution in [-0.2, 0) is 0 Å². The van der Waals surface area contributed by atoms with Crippen LogP contribution in [0.4, 0.5) is 19.3 Å². The summed E-state index contributed by atoms with van der Waals surface area (Å²) in [5.41, 5.74) is 1.16. The van der Waals surface area contributed by atoms with Crippen molar-refractivity contribution in [1.29, 1.82) is 0 Å².